The lowest BCUT2D eigenvalue weighted by molar-refractivity contribution is 1.32. The van der Waals surface area contributed by atoms with Gasteiger partial charge >= 0.3 is 0 Å². The van der Waals surface area contributed by atoms with Crippen LogP contribution in [0.1, 0.15) is 16.7 Å². The van der Waals surface area contributed by atoms with E-state index in [-0.39, 0.29) is 0 Å². The van der Waals surface area contributed by atoms with Crippen LogP contribution in [-0.2, 0) is 0 Å². The average Bonchev–Trinajstić information content (AvgIpc) is 2.74. The molecule has 0 N–H and O–H groups in total. The smallest absolute Gasteiger partial charge is 0.0708 e. The van der Waals surface area contributed by atoms with Crippen molar-refractivity contribution >= 4 is 11.6 Å². The maximum absolute atomic E-state index is 4.57. The molecular weight excluding hydrogens is 314 g/mol. The number of pyridine rings is 1. The molecule has 26 heavy (non-hydrogen) atoms. The fourth-order valence-corrected chi connectivity index (χ4v) is 3.11. The molecule has 4 aromatic rings. The highest BCUT2D eigenvalue weighted by Gasteiger charge is 2.12. The standard InChI is InChI=1S/C25H19N/c1-3-11-20(12-4-1)19-24(21-13-5-2-6-14-21)22-15-7-8-16-23(22)25-17-9-10-18-26-25/h1-19H/b24-19+. The van der Waals surface area contributed by atoms with E-state index in [0.29, 0.717) is 0 Å². The van der Waals surface area contributed by atoms with E-state index in [1.165, 1.54) is 22.3 Å². The molecule has 1 nitrogen and oxygen atoms in total. The first-order valence-electron chi connectivity index (χ1n) is 8.75. The van der Waals surface area contributed by atoms with E-state index in [1.54, 1.807) is 0 Å². The normalized spacial score (nSPS) is 11.3. The van der Waals surface area contributed by atoms with E-state index in [0.717, 1.165) is 11.3 Å². The number of benzene rings is 3. The van der Waals surface area contributed by atoms with Gasteiger partial charge in [0.05, 0.1) is 5.69 Å². The summed E-state index contributed by atoms with van der Waals surface area (Å²) in [5, 5.41) is 0. The van der Waals surface area contributed by atoms with Crippen molar-refractivity contribution in [3.05, 3.63) is 126 Å². The minimum absolute atomic E-state index is 0.984. The highest BCUT2D eigenvalue weighted by Crippen LogP contribution is 2.33. The van der Waals surface area contributed by atoms with Gasteiger partial charge in [-0.2, -0.15) is 0 Å². The van der Waals surface area contributed by atoms with Crippen LogP contribution >= 0.6 is 0 Å². The van der Waals surface area contributed by atoms with E-state index in [1.807, 2.05) is 30.5 Å². The molecule has 1 aromatic heterocycles. The van der Waals surface area contributed by atoms with Crippen LogP contribution in [0.4, 0.5) is 0 Å². The Kier molecular flexibility index (Phi) is 4.70. The van der Waals surface area contributed by atoms with E-state index in [4.69, 9.17) is 0 Å². The van der Waals surface area contributed by atoms with E-state index >= 15 is 0 Å². The molecule has 0 radical (unpaired) electrons. The van der Waals surface area contributed by atoms with Crippen molar-refractivity contribution in [2.75, 3.05) is 0 Å². The molecule has 3 aromatic carbocycles. The van der Waals surface area contributed by atoms with Crippen LogP contribution in [0.3, 0.4) is 0 Å². The van der Waals surface area contributed by atoms with Crippen molar-refractivity contribution in [1.82, 2.24) is 4.98 Å². The van der Waals surface area contributed by atoms with Gasteiger partial charge in [0.15, 0.2) is 0 Å². The van der Waals surface area contributed by atoms with Crippen LogP contribution in [0.2, 0.25) is 0 Å². The molecular formula is C25H19N. The highest BCUT2D eigenvalue weighted by atomic mass is 14.7. The molecule has 124 valence electrons. The van der Waals surface area contributed by atoms with Crippen LogP contribution < -0.4 is 0 Å². The SMILES string of the molecule is C(=C(/c1ccccc1)c1ccccc1-c1ccccn1)/c1ccccc1. The zero-order chi connectivity index (χ0) is 17.6. The molecule has 1 heterocycles. The fraction of sp³-hybridized carbons (Fsp3) is 0. The van der Waals surface area contributed by atoms with Gasteiger partial charge < -0.3 is 0 Å². The Balaban J connectivity index is 1.93. The highest BCUT2D eigenvalue weighted by molar-refractivity contribution is 5.96. The second-order valence-electron chi connectivity index (χ2n) is 6.10. The third-order valence-electron chi connectivity index (χ3n) is 4.35. The summed E-state index contributed by atoms with van der Waals surface area (Å²) in [5.41, 5.74) is 6.87. The molecule has 0 aliphatic rings. The summed E-state index contributed by atoms with van der Waals surface area (Å²) < 4.78 is 0. The maximum atomic E-state index is 4.57. The summed E-state index contributed by atoms with van der Waals surface area (Å²) in [6, 6.07) is 35.5. The molecule has 0 bridgehead atoms. The quantitative estimate of drug-likeness (QED) is 0.397. The molecule has 0 spiro atoms. The summed E-state index contributed by atoms with van der Waals surface area (Å²) in [4.78, 5) is 4.57. The van der Waals surface area contributed by atoms with Crippen molar-refractivity contribution in [1.29, 1.82) is 0 Å². The lowest BCUT2D eigenvalue weighted by Gasteiger charge is -2.14. The molecule has 0 aliphatic heterocycles. The first kappa shape index (κ1) is 16.0. The second kappa shape index (κ2) is 7.62. The van der Waals surface area contributed by atoms with Gasteiger partial charge in [-0.15, -0.1) is 0 Å². The van der Waals surface area contributed by atoms with Crippen LogP contribution in [0.15, 0.2) is 109 Å². The molecule has 0 saturated carbocycles. The average molecular weight is 333 g/mol. The minimum Gasteiger partial charge on any atom is -0.256 e. The van der Waals surface area contributed by atoms with E-state index in [9.17, 15) is 0 Å². The summed E-state index contributed by atoms with van der Waals surface area (Å²) in [7, 11) is 0. The Bertz CT molecular complexity index is 1000. The molecule has 0 aliphatic carbocycles. The second-order valence-corrected chi connectivity index (χ2v) is 6.10. The zero-order valence-electron chi connectivity index (χ0n) is 14.4. The van der Waals surface area contributed by atoms with Gasteiger partial charge in [0.2, 0.25) is 0 Å². The Morgan fingerprint density at radius 3 is 2.00 bits per heavy atom. The first-order chi connectivity index (χ1) is 12.9. The van der Waals surface area contributed by atoms with Gasteiger partial charge in [0, 0.05) is 11.8 Å². The lowest BCUT2D eigenvalue weighted by atomic mass is 9.91. The van der Waals surface area contributed by atoms with Gasteiger partial charge in [-0.3, -0.25) is 4.98 Å². The number of hydrogen-bond acceptors (Lipinski definition) is 1. The van der Waals surface area contributed by atoms with Crippen molar-refractivity contribution in [3.63, 3.8) is 0 Å². The van der Waals surface area contributed by atoms with Gasteiger partial charge in [-0.05, 0) is 40.5 Å². The van der Waals surface area contributed by atoms with Crippen molar-refractivity contribution in [2.24, 2.45) is 0 Å². The van der Waals surface area contributed by atoms with Gasteiger partial charge in [-0.25, -0.2) is 0 Å². The molecule has 0 atom stereocenters. The fourth-order valence-electron chi connectivity index (χ4n) is 3.11. The maximum Gasteiger partial charge on any atom is 0.0708 e. The van der Waals surface area contributed by atoms with Crippen molar-refractivity contribution in [3.8, 4) is 11.3 Å². The Labute approximate surface area is 154 Å². The molecule has 0 unspecified atom stereocenters. The zero-order valence-corrected chi connectivity index (χ0v) is 14.4. The Morgan fingerprint density at radius 1 is 0.615 bits per heavy atom. The minimum atomic E-state index is 0.984. The number of aromatic nitrogens is 1. The number of rotatable bonds is 4. The third-order valence-corrected chi connectivity index (χ3v) is 4.35. The summed E-state index contributed by atoms with van der Waals surface area (Å²) in [5.74, 6) is 0. The Morgan fingerprint density at radius 2 is 1.27 bits per heavy atom. The number of nitrogens with zero attached hydrogens (tertiary/aromatic N) is 1. The van der Waals surface area contributed by atoms with Gasteiger partial charge in [-0.1, -0.05) is 91.0 Å². The van der Waals surface area contributed by atoms with Crippen LogP contribution in [0.5, 0.6) is 0 Å². The summed E-state index contributed by atoms with van der Waals surface area (Å²) in [6.45, 7) is 0. The van der Waals surface area contributed by atoms with Crippen molar-refractivity contribution < 1.29 is 0 Å². The predicted molar refractivity (Wildman–Crippen MR) is 110 cm³/mol. The van der Waals surface area contributed by atoms with E-state index < -0.39 is 0 Å². The molecule has 1 heteroatoms. The molecule has 0 saturated heterocycles. The third kappa shape index (κ3) is 3.47. The summed E-state index contributed by atoms with van der Waals surface area (Å²) >= 11 is 0. The number of hydrogen-bond donors (Lipinski definition) is 0. The van der Waals surface area contributed by atoms with Gasteiger partial charge in [0.25, 0.3) is 0 Å². The monoisotopic (exact) mass is 333 g/mol. The first-order valence-corrected chi connectivity index (χ1v) is 8.75. The van der Waals surface area contributed by atoms with Crippen LogP contribution in [0.25, 0.3) is 22.9 Å². The molecule has 0 fully saturated rings. The Hall–Kier alpha value is -3.45. The van der Waals surface area contributed by atoms with Crippen LogP contribution in [-0.4, -0.2) is 4.98 Å². The largest absolute Gasteiger partial charge is 0.256 e. The summed E-state index contributed by atoms with van der Waals surface area (Å²) in [6.07, 6.45) is 4.09. The lowest BCUT2D eigenvalue weighted by Crippen LogP contribution is -1.93. The predicted octanol–water partition coefficient (Wildman–Crippen LogP) is 6.34. The van der Waals surface area contributed by atoms with Crippen LogP contribution in [0, 0.1) is 0 Å². The topological polar surface area (TPSA) is 12.9 Å². The van der Waals surface area contributed by atoms with Crippen molar-refractivity contribution in [2.45, 2.75) is 0 Å². The van der Waals surface area contributed by atoms with Gasteiger partial charge in [0.1, 0.15) is 0 Å². The molecule has 0 amide bonds. The van der Waals surface area contributed by atoms with E-state index in [2.05, 4.69) is 89.9 Å². The molecule has 4 rings (SSSR count).